The van der Waals surface area contributed by atoms with Gasteiger partial charge in [0, 0.05) is 42.2 Å². The molecule has 2 aromatic heterocycles. The molecule has 31 heavy (non-hydrogen) atoms. The van der Waals surface area contributed by atoms with E-state index in [1.54, 1.807) is 11.2 Å². The molecule has 0 spiro atoms. The summed E-state index contributed by atoms with van der Waals surface area (Å²) in [6.07, 6.45) is 2.90. The maximum absolute atomic E-state index is 11.9. The number of nitrogens with zero attached hydrogens (tertiary/aromatic N) is 5. The van der Waals surface area contributed by atoms with Crippen LogP contribution in [-0.4, -0.2) is 51.9 Å². The smallest absolute Gasteiger partial charge is 0.292 e. The lowest BCUT2D eigenvalue weighted by molar-refractivity contribution is -0.126. The minimum atomic E-state index is -0.0503. The van der Waals surface area contributed by atoms with Gasteiger partial charge in [-0.15, -0.1) is 0 Å². The lowest BCUT2D eigenvalue weighted by Gasteiger charge is -2.35. The standard InChI is InChI=1S/C22H19ClN6O2/c1-2-20(30)28-5-7-29(8-6-28)21-15-10-16(23)14(11-17(15)25-12-26-21)13-3-4-19-18(9-13)27-22(24)31-19/h2-4,9-12H,1,5-8H2,(H2,24,27). The molecule has 1 fully saturated rings. The summed E-state index contributed by atoms with van der Waals surface area (Å²) in [6, 6.07) is 9.60. The van der Waals surface area contributed by atoms with Gasteiger partial charge in [-0.05, 0) is 35.9 Å². The van der Waals surface area contributed by atoms with Crippen molar-refractivity contribution in [2.45, 2.75) is 0 Å². The predicted octanol–water partition coefficient (Wildman–Crippen LogP) is 3.51. The first kappa shape index (κ1) is 19.3. The number of fused-ring (bicyclic) bond motifs is 2. The molecule has 156 valence electrons. The molecule has 2 N–H and O–H groups in total. The van der Waals surface area contributed by atoms with Crippen LogP contribution in [0.5, 0.6) is 0 Å². The Hall–Kier alpha value is -3.65. The molecule has 0 atom stereocenters. The average Bonchev–Trinajstić information content (AvgIpc) is 3.17. The number of carbonyl (C=O) groups is 1. The molecule has 0 saturated carbocycles. The number of anilines is 2. The number of nitrogens with two attached hydrogens (primary N) is 1. The molecule has 1 saturated heterocycles. The number of oxazole rings is 1. The van der Waals surface area contributed by atoms with Gasteiger partial charge in [0.05, 0.1) is 5.52 Å². The first-order valence-corrected chi connectivity index (χ1v) is 10.2. The number of amides is 1. The van der Waals surface area contributed by atoms with Gasteiger partial charge in [0.15, 0.2) is 5.58 Å². The fraction of sp³-hybridized carbons (Fsp3) is 0.182. The van der Waals surface area contributed by atoms with Crippen molar-refractivity contribution in [1.29, 1.82) is 0 Å². The summed E-state index contributed by atoms with van der Waals surface area (Å²) in [6.45, 7) is 6.14. The second-order valence-corrected chi connectivity index (χ2v) is 7.70. The molecule has 8 nitrogen and oxygen atoms in total. The fourth-order valence-electron chi connectivity index (χ4n) is 3.92. The Morgan fingerprint density at radius 2 is 1.94 bits per heavy atom. The van der Waals surface area contributed by atoms with Gasteiger partial charge in [-0.2, -0.15) is 4.98 Å². The summed E-state index contributed by atoms with van der Waals surface area (Å²) in [7, 11) is 0. The average molecular weight is 435 g/mol. The molecular weight excluding hydrogens is 416 g/mol. The van der Waals surface area contributed by atoms with Crippen molar-refractivity contribution in [1.82, 2.24) is 19.9 Å². The van der Waals surface area contributed by atoms with Crippen molar-refractivity contribution in [2.75, 3.05) is 36.8 Å². The molecular formula is C22H19ClN6O2. The summed E-state index contributed by atoms with van der Waals surface area (Å²) < 4.78 is 5.35. The van der Waals surface area contributed by atoms with Crippen LogP contribution in [0, 0.1) is 0 Å². The van der Waals surface area contributed by atoms with E-state index in [0.29, 0.717) is 42.3 Å². The Balaban J connectivity index is 1.51. The number of aromatic nitrogens is 3. The maximum Gasteiger partial charge on any atom is 0.292 e. The fourth-order valence-corrected chi connectivity index (χ4v) is 4.19. The second kappa shape index (κ2) is 7.55. The first-order chi connectivity index (χ1) is 15.0. The highest BCUT2D eigenvalue weighted by atomic mass is 35.5. The largest absolute Gasteiger partial charge is 0.424 e. The van der Waals surface area contributed by atoms with E-state index in [2.05, 4.69) is 26.4 Å². The van der Waals surface area contributed by atoms with Crippen molar-refractivity contribution in [2.24, 2.45) is 0 Å². The van der Waals surface area contributed by atoms with Gasteiger partial charge in [-0.3, -0.25) is 4.79 Å². The zero-order chi connectivity index (χ0) is 21.5. The molecule has 0 radical (unpaired) electrons. The topological polar surface area (TPSA) is 101 Å². The lowest BCUT2D eigenvalue weighted by atomic mass is 10.0. The Morgan fingerprint density at radius 1 is 1.13 bits per heavy atom. The van der Waals surface area contributed by atoms with Crippen LogP contribution in [0.3, 0.4) is 0 Å². The molecule has 0 bridgehead atoms. The van der Waals surface area contributed by atoms with Crippen molar-refractivity contribution in [3.8, 4) is 11.1 Å². The summed E-state index contributed by atoms with van der Waals surface area (Å²) in [5.74, 6) is 0.759. The van der Waals surface area contributed by atoms with Crippen molar-refractivity contribution < 1.29 is 9.21 Å². The van der Waals surface area contributed by atoms with Crippen LogP contribution in [0.4, 0.5) is 11.8 Å². The van der Waals surface area contributed by atoms with E-state index in [1.807, 2.05) is 30.3 Å². The summed E-state index contributed by atoms with van der Waals surface area (Å²) >= 11 is 6.68. The maximum atomic E-state index is 11.9. The molecule has 2 aromatic carbocycles. The van der Waals surface area contributed by atoms with Gasteiger partial charge in [0.2, 0.25) is 5.91 Å². The molecule has 0 unspecified atom stereocenters. The molecule has 1 aliphatic rings. The molecule has 5 rings (SSSR count). The highest BCUT2D eigenvalue weighted by molar-refractivity contribution is 6.34. The van der Waals surface area contributed by atoms with Crippen LogP contribution >= 0.6 is 11.6 Å². The van der Waals surface area contributed by atoms with Gasteiger partial charge < -0.3 is 20.0 Å². The van der Waals surface area contributed by atoms with Crippen molar-refractivity contribution in [3.05, 3.63) is 54.3 Å². The van der Waals surface area contributed by atoms with Crippen LogP contribution < -0.4 is 10.6 Å². The van der Waals surface area contributed by atoms with Crippen LogP contribution in [0.2, 0.25) is 5.02 Å². The third-order valence-corrected chi connectivity index (χ3v) is 5.80. The lowest BCUT2D eigenvalue weighted by Crippen LogP contribution is -2.48. The third-order valence-electron chi connectivity index (χ3n) is 5.48. The summed E-state index contributed by atoms with van der Waals surface area (Å²) in [5.41, 5.74) is 9.46. The van der Waals surface area contributed by atoms with E-state index in [-0.39, 0.29) is 11.9 Å². The van der Waals surface area contributed by atoms with Gasteiger partial charge in [-0.25, -0.2) is 9.97 Å². The number of benzene rings is 2. The van der Waals surface area contributed by atoms with E-state index >= 15 is 0 Å². The quantitative estimate of drug-likeness (QED) is 0.492. The van der Waals surface area contributed by atoms with Crippen molar-refractivity contribution >= 4 is 51.3 Å². The summed E-state index contributed by atoms with van der Waals surface area (Å²) in [5, 5.41) is 1.45. The van der Waals surface area contributed by atoms with Crippen LogP contribution in [0.1, 0.15) is 0 Å². The highest BCUT2D eigenvalue weighted by Crippen LogP contribution is 2.36. The van der Waals surface area contributed by atoms with Crippen LogP contribution in [-0.2, 0) is 4.79 Å². The minimum absolute atomic E-state index is 0.0503. The SMILES string of the molecule is C=CC(=O)N1CCN(c2ncnc3cc(-c4ccc5oc(N)nc5c4)c(Cl)cc23)CC1. The Kier molecular flexibility index (Phi) is 4.71. The number of carbonyl (C=O) groups excluding carboxylic acids is 1. The van der Waals surface area contributed by atoms with Crippen LogP contribution in [0.25, 0.3) is 33.1 Å². The van der Waals surface area contributed by atoms with E-state index in [0.717, 1.165) is 27.8 Å². The molecule has 1 aliphatic heterocycles. The van der Waals surface area contributed by atoms with Gasteiger partial charge >= 0.3 is 0 Å². The number of piperazine rings is 1. The monoisotopic (exact) mass is 434 g/mol. The van der Waals surface area contributed by atoms with Gasteiger partial charge in [0.25, 0.3) is 6.01 Å². The Morgan fingerprint density at radius 3 is 2.71 bits per heavy atom. The number of hydrogen-bond donors (Lipinski definition) is 1. The van der Waals surface area contributed by atoms with E-state index in [4.69, 9.17) is 21.8 Å². The number of halogens is 1. The van der Waals surface area contributed by atoms with E-state index in [9.17, 15) is 4.79 Å². The van der Waals surface area contributed by atoms with Gasteiger partial charge in [0.1, 0.15) is 17.7 Å². The molecule has 4 aromatic rings. The van der Waals surface area contributed by atoms with Gasteiger partial charge in [-0.1, -0.05) is 24.2 Å². The van der Waals surface area contributed by atoms with Crippen molar-refractivity contribution in [3.63, 3.8) is 0 Å². The molecule has 0 aliphatic carbocycles. The number of nitrogen functional groups attached to an aromatic ring is 1. The third kappa shape index (κ3) is 3.44. The summed E-state index contributed by atoms with van der Waals surface area (Å²) in [4.78, 5) is 28.9. The zero-order valence-electron chi connectivity index (χ0n) is 16.6. The Bertz CT molecular complexity index is 1330. The molecule has 3 heterocycles. The zero-order valence-corrected chi connectivity index (χ0v) is 17.3. The normalized spacial score (nSPS) is 14.4. The van der Waals surface area contributed by atoms with E-state index in [1.165, 1.54) is 6.08 Å². The predicted molar refractivity (Wildman–Crippen MR) is 121 cm³/mol. The number of hydrogen-bond acceptors (Lipinski definition) is 7. The van der Waals surface area contributed by atoms with E-state index < -0.39 is 0 Å². The first-order valence-electron chi connectivity index (χ1n) is 9.80. The molecule has 9 heteroatoms. The van der Waals surface area contributed by atoms with Crippen LogP contribution in [0.15, 0.2) is 53.7 Å². The second-order valence-electron chi connectivity index (χ2n) is 7.30. The number of rotatable bonds is 3. The molecule has 1 amide bonds. The minimum Gasteiger partial charge on any atom is -0.424 e. The Labute approximate surface area is 182 Å². The highest BCUT2D eigenvalue weighted by Gasteiger charge is 2.22.